The number of nitrogens with zero attached hydrogens (tertiary/aromatic N) is 5. The zero-order valence-corrected chi connectivity index (χ0v) is 18.2. The summed E-state index contributed by atoms with van der Waals surface area (Å²) >= 11 is 0. The van der Waals surface area contributed by atoms with Gasteiger partial charge in [0.1, 0.15) is 5.52 Å². The largest absolute Gasteiger partial charge is 0.391 e. The molecule has 3 heterocycles. The van der Waals surface area contributed by atoms with Gasteiger partial charge in [-0.05, 0) is 37.1 Å². The molecule has 2 amide bonds. The van der Waals surface area contributed by atoms with E-state index in [9.17, 15) is 14.7 Å². The van der Waals surface area contributed by atoms with Crippen LogP contribution in [0.2, 0.25) is 0 Å². The van der Waals surface area contributed by atoms with Crippen molar-refractivity contribution in [2.45, 2.75) is 25.5 Å². The van der Waals surface area contributed by atoms with E-state index in [4.69, 9.17) is 10.00 Å². The fourth-order valence-corrected chi connectivity index (χ4v) is 3.81. The number of hydrogen-bond donors (Lipinski definition) is 2. The third kappa shape index (κ3) is 4.84. The monoisotopic (exact) mass is 448 g/mol. The van der Waals surface area contributed by atoms with Gasteiger partial charge in [-0.1, -0.05) is 6.07 Å². The number of carbonyl (C=O) groups is 2. The molecule has 3 aromatic rings. The number of aryl methyl sites for hydroxylation is 1. The maximum atomic E-state index is 12.8. The number of likely N-dealkylation sites (tertiary alicyclic amines) is 1. The van der Waals surface area contributed by atoms with Gasteiger partial charge in [-0.15, -0.1) is 0 Å². The van der Waals surface area contributed by atoms with Gasteiger partial charge in [0.05, 0.1) is 23.3 Å². The van der Waals surface area contributed by atoms with Crippen LogP contribution in [0.3, 0.4) is 0 Å². The van der Waals surface area contributed by atoms with Gasteiger partial charge in [-0.3, -0.25) is 19.5 Å². The Balaban J connectivity index is 1.65. The molecule has 1 saturated heterocycles. The Hall–Kier alpha value is -3.81. The van der Waals surface area contributed by atoms with Crippen molar-refractivity contribution in [3.05, 3.63) is 53.2 Å². The molecule has 10 nitrogen and oxygen atoms in total. The zero-order valence-electron chi connectivity index (χ0n) is 18.2. The van der Waals surface area contributed by atoms with Crippen molar-refractivity contribution in [3.63, 3.8) is 0 Å². The number of aliphatic hydroxyl groups excluding tert-OH is 1. The average Bonchev–Trinajstić information content (AvgIpc) is 3.41. The van der Waals surface area contributed by atoms with Crippen molar-refractivity contribution in [1.82, 2.24) is 19.4 Å². The van der Waals surface area contributed by atoms with Crippen molar-refractivity contribution in [1.29, 1.82) is 5.26 Å². The number of imidazole rings is 1. The van der Waals surface area contributed by atoms with E-state index in [0.717, 1.165) is 0 Å². The second kappa shape index (κ2) is 9.77. The summed E-state index contributed by atoms with van der Waals surface area (Å²) in [6, 6.07) is 10.1. The Kier molecular flexibility index (Phi) is 6.63. The molecule has 1 aliphatic heterocycles. The number of nitriles is 1. The van der Waals surface area contributed by atoms with Crippen LogP contribution in [-0.2, 0) is 11.3 Å². The lowest BCUT2D eigenvalue weighted by Gasteiger charge is -2.15. The minimum absolute atomic E-state index is 0.214. The van der Waals surface area contributed by atoms with Crippen LogP contribution in [0.1, 0.15) is 39.1 Å². The van der Waals surface area contributed by atoms with Crippen molar-refractivity contribution in [3.8, 4) is 6.07 Å². The number of aliphatic hydroxyl groups is 1. The lowest BCUT2D eigenvalue weighted by Crippen LogP contribution is -2.29. The first-order chi connectivity index (χ1) is 16.0. The summed E-state index contributed by atoms with van der Waals surface area (Å²) in [5.74, 6) is -0.325. The summed E-state index contributed by atoms with van der Waals surface area (Å²) in [6.07, 6.45) is 2.21. The molecule has 2 N–H and O–H groups in total. The number of pyridine rings is 1. The highest BCUT2D eigenvalue weighted by atomic mass is 16.5. The van der Waals surface area contributed by atoms with Gasteiger partial charge in [0, 0.05) is 45.1 Å². The van der Waals surface area contributed by atoms with Crippen LogP contribution in [-0.4, -0.2) is 69.3 Å². The fourth-order valence-electron chi connectivity index (χ4n) is 3.81. The SMILES string of the molecule is COCCCn1c(NC(=O)c2cccc(C#N)c2)nc2cc(C(=O)N3CC[C@@H](O)C3)cnc21. The molecule has 0 spiro atoms. The van der Waals surface area contributed by atoms with Gasteiger partial charge >= 0.3 is 0 Å². The predicted molar refractivity (Wildman–Crippen MR) is 120 cm³/mol. The fraction of sp³-hybridized carbons (Fsp3) is 0.348. The number of hydrogen-bond acceptors (Lipinski definition) is 7. The molecule has 170 valence electrons. The van der Waals surface area contributed by atoms with E-state index < -0.39 is 12.0 Å². The summed E-state index contributed by atoms with van der Waals surface area (Å²) in [7, 11) is 1.61. The Bertz CT molecular complexity index is 1230. The molecule has 1 atom stereocenters. The summed E-state index contributed by atoms with van der Waals surface area (Å²) in [6.45, 7) is 1.81. The number of methoxy groups -OCH3 is 1. The molecule has 4 rings (SSSR count). The molecule has 0 radical (unpaired) electrons. The van der Waals surface area contributed by atoms with Crippen LogP contribution in [0, 0.1) is 11.3 Å². The standard InChI is InChI=1S/C23H24N6O4/c1-33-9-3-7-29-20-19(11-17(13-25-20)22(32)28-8-6-18(30)14-28)26-23(29)27-21(31)16-5-2-4-15(10-16)12-24/h2,4-5,10-11,13,18,30H,3,6-9,14H2,1H3,(H,26,27,31)/t18-/m1/s1. The molecule has 10 heteroatoms. The lowest BCUT2D eigenvalue weighted by molar-refractivity contribution is 0.0764. The number of amides is 2. The second-order valence-electron chi connectivity index (χ2n) is 7.84. The number of nitrogens with one attached hydrogen (secondary N) is 1. The van der Waals surface area contributed by atoms with Gasteiger partial charge in [0.2, 0.25) is 5.95 Å². The first-order valence-corrected chi connectivity index (χ1v) is 10.6. The second-order valence-corrected chi connectivity index (χ2v) is 7.84. The highest BCUT2D eigenvalue weighted by Crippen LogP contribution is 2.22. The van der Waals surface area contributed by atoms with Crippen molar-refractivity contribution >= 4 is 28.9 Å². The molecular formula is C23H24N6O4. The van der Waals surface area contributed by atoms with E-state index in [1.54, 1.807) is 40.8 Å². The smallest absolute Gasteiger partial charge is 0.258 e. The van der Waals surface area contributed by atoms with E-state index in [2.05, 4.69) is 15.3 Å². The molecular weight excluding hydrogens is 424 g/mol. The van der Waals surface area contributed by atoms with Gasteiger partial charge in [-0.25, -0.2) is 9.97 Å². The quantitative estimate of drug-likeness (QED) is 0.527. The Morgan fingerprint density at radius 2 is 2.18 bits per heavy atom. The molecule has 1 aliphatic rings. The molecule has 0 aliphatic carbocycles. The zero-order chi connectivity index (χ0) is 23.4. The third-order valence-electron chi connectivity index (χ3n) is 5.49. The van der Waals surface area contributed by atoms with Crippen molar-refractivity contribution < 1.29 is 19.4 Å². The first kappa shape index (κ1) is 22.4. The highest BCUT2D eigenvalue weighted by Gasteiger charge is 2.26. The number of carbonyl (C=O) groups excluding carboxylic acids is 2. The number of β-amino-alcohol motifs (C(OH)–C–C–N with tert-alkyl or cyclic N) is 1. The number of rotatable bonds is 7. The number of aromatic nitrogens is 3. The third-order valence-corrected chi connectivity index (χ3v) is 5.49. The predicted octanol–water partition coefficient (Wildman–Crippen LogP) is 1.80. The average molecular weight is 448 g/mol. The molecule has 0 unspecified atom stereocenters. The van der Waals surface area contributed by atoms with Gasteiger partial charge in [0.25, 0.3) is 11.8 Å². The van der Waals surface area contributed by atoms with Crippen molar-refractivity contribution in [2.24, 2.45) is 0 Å². The molecule has 2 aromatic heterocycles. The summed E-state index contributed by atoms with van der Waals surface area (Å²) in [5, 5.41) is 21.6. The Morgan fingerprint density at radius 3 is 2.91 bits per heavy atom. The number of fused-ring (bicyclic) bond motifs is 1. The van der Waals surface area contributed by atoms with Crippen LogP contribution in [0.4, 0.5) is 5.95 Å². The Morgan fingerprint density at radius 1 is 1.33 bits per heavy atom. The van der Waals surface area contributed by atoms with Crippen LogP contribution >= 0.6 is 0 Å². The van der Waals surface area contributed by atoms with E-state index >= 15 is 0 Å². The Labute approximate surface area is 190 Å². The van der Waals surface area contributed by atoms with Crippen LogP contribution in [0.15, 0.2) is 36.5 Å². The maximum absolute atomic E-state index is 12.8. The van der Waals surface area contributed by atoms with Gasteiger partial charge in [-0.2, -0.15) is 5.26 Å². The van der Waals surface area contributed by atoms with E-state index in [1.165, 1.54) is 12.3 Å². The van der Waals surface area contributed by atoms with E-state index in [-0.39, 0.29) is 5.91 Å². The van der Waals surface area contributed by atoms with Crippen molar-refractivity contribution in [2.75, 3.05) is 32.1 Å². The normalized spacial score (nSPS) is 15.5. The maximum Gasteiger partial charge on any atom is 0.258 e. The minimum Gasteiger partial charge on any atom is -0.391 e. The first-order valence-electron chi connectivity index (χ1n) is 10.6. The molecule has 0 saturated carbocycles. The van der Waals surface area contributed by atoms with E-state index in [0.29, 0.717) is 72.9 Å². The highest BCUT2D eigenvalue weighted by molar-refractivity contribution is 6.04. The number of benzene rings is 1. The van der Waals surface area contributed by atoms with Gasteiger partial charge in [0.15, 0.2) is 5.65 Å². The number of anilines is 1. The minimum atomic E-state index is -0.507. The van der Waals surface area contributed by atoms with Crippen LogP contribution < -0.4 is 5.32 Å². The summed E-state index contributed by atoms with van der Waals surface area (Å²) in [4.78, 5) is 36.2. The molecule has 1 fully saturated rings. The van der Waals surface area contributed by atoms with Crippen LogP contribution in [0.25, 0.3) is 11.2 Å². The summed E-state index contributed by atoms with van der Waals surface area (Å²) in [5.41, 5.74) is 2.09. The van der Waals surface area contributed by atoms with E-state index in [1.807, 2.05) is 6.07 Å². The van der Waals surface area contributed by atoms with Crippen LogP contribution in [0.5, 0.6) is 0 Å². The molecule has 0 bridgehead atoms. The summed E-state index contributed by atoms with van der Waals surface area (Å²) < 4.78 is 6.91. The number of ether oxygens (including phenoxy) is 1. The topological polar surface area (TPSA) is 133 Å². The van der Waals surface area contributed by atoms with Gasteiger partial charge < -0.3 is 14.7 Å². The molecule has 33 heavy (non-hydrogen) atoms. The molecule has 1 aromatic carbocycles. The lowest BCUT2D eigenvalue weighted by atomic mass is 10.1.